The second kappa shape index (κ2) is 10.7. The number of nitrogen functional groups attached to an aromatic ring is 1. The molecule has 3 heteroatoms. The minimum atomic E-state index is 0.0292. The summed E-state index contributed by atoms with van der Waals surface area (Å²) in [5.41, 5.74) is 6.38. The monoisotopic (exact) mass is 268 g/mol. The third kappa shape index (κ3) is 8.49. The summed E-state index contributed by atoms with van der Waals surface area (Å²) < 4.78 is 5.69. The van der Waals surface area contributed by atoms with Crippen molar-refractivity contribution in [2.75, 3.05) is 26.4 Å². The number of benzene rings is 1. The molecule has 0 unspecified atom stereocenters. The molecule has 0 aliphatic heterocycles. The zero-order chi connectivity index (χ0) is 15.5. The van der Waals surface area contributed by atoms with E-state index in [9.17, 15) is 0 Å². The fourth-order valence-corrected chi connectivity index (χ4v) is 0.953. The molecule has 1 rings (SSSR count). The molecule has 0 spiro atoms. The van der Waals surface area contributed by atoms with Crippen LogP contribution in [0.1, 0.15) is 41.5 Å². The largest absolute Gasteiger partial charge is 0.492 e. The van der Waals surface area contributed by atoms with Crippen molar-refractivity contribution in [3.8, 4) is 5.75 Å². The van der Waals surface area contributed by atoms with Crippen molar-refractivity contribution in [1.82, 2.24) is 4.90 Å². The summed E-state index contributed by atoms with van der Waals surface area (Å²) in [7, 11) is 4.10. The van der Waals surface area contributed by atoms with Gasteiger partial charge in [0, 0.05) is 11.2 Å². The van der Waals surface area contributed by atoms with Crippen molar-refractivity contribution < 1.29 is 4.74 Å². The Bertz CT molecular complexity index is 305. The maximum atomic E-state index is 5.69. The minimum Gasteiger partial charge on any atom is -0.492 e. The number of hydrogen-bond donors (Lipinski definition) is 1. The van der Waals surface area contributed by atoms with Gasteiger partial charge in [-0.3, -0.25) is 0 Å². The van der Waals surface area contributed by atoms with Crippen molar-refractivity contribution >= 4 is 5.69 Å². The Morgan fingerprint density at radius 1 is 1.00 bits per heavy atom. The maximum absolute atomic E-state index is 5.69. The number of likely N-dealkylation sites (N-methyl/N-ethyl adjacent to an activating group) is 1. The predicted molar refractivity (Wildman–Crippen MR) is 86.8 cm³/mol. The van der Waals surface area contributed by atoms with Gasteiger partial charge >= 0.3 is 0 Å². The van der Waals surface area contributed by atoms with Crippen molar-refractivity contribution in [2.24, 2.45) is 0 Å². The zero-order valence-electron chi connectivity index (χ0n) is 13.9. The average Bonchev–Trinajstić information content (AvgIpc) is 2.42. The Balaban J connectivity index is 0. The predicted octanol–water partition coefficient (Wildman–Crippen LogP) is 4.04. The second-order valence-electron chi connectivity index (χ2n) is 4.56. The Morgan fingerprint density at radius 2 is 1.42 bits per heavy atom. The van der Waals surface area contributed by atoms with E-state index >= 15 is 0 Å². The summed E-state index contributed by atoms with van der Waals surface area (Å²) in [6.45, 7) is 12.9. The van der Waals surface area contributed by atoms with E-state index in [0.29, 0.717) is 6.61 Å². The fourth-order valence-electron chi connectivity index (χ4n) is 0.953. The number of anilines is 1. The van der Waals surface area contributed by atoms with Crippen LogP contribution in [-0.4, -0.2) is 31.1 Å². The van der Waals surface area contributed by atoms with E-state index in [4.69, 9.17) is 10.5 Å². The number of nitrogens with zero attached hydrogens (tertiary/aromatic N) is 1. The smallest absolute Gasteiger partial charge is 0.119 e. The number of ether oxygens (including phenoxy) is 1. The lowest BCUT2D eigenvalue weighted by Gasteiger charge is -2.32. The van der Waals surface area contributed by atoms with Crippen LogP contribution in [0.5, 0.6) is 5.75 Å². The molecule has 0 aliphatic rings. The number of nitrogens with two attached hydrogens (primary N) is 1. The van der Waals surface area contributed by atoms with Crippen molar-refractivity contribution in [1.29, 1.82) is 0 Å². The van der Waals surface area contributed by atoms with Gasteiger partial charge in [0.15, 0.2) is 0 Å². The van der Waals surface area contributed by atoms with E-state index in [2.05, 4.69) is 18.7 Å². The Hall–Kier alpha value is -1.22. The summed E-state index contributed by atoms with van der Waals surface area (Å²) >= 11 is 0. The van der Waals surface area contributed by atoms with Gasteiger partial charge in [-0.25, -0.2) is 0 Å². The first kappa shape index (κ1) is 20.1. The molecule has 0 fully saturated rings. The van der Waals surface area contributed by atoms with Crippen molar-refractivity contribution in [3.63, 3.8) is 0 Å². The molecule has 0 amide bonds. The van der Waals surface area contributed by atoms with Gasteiger partial charge in [-0.2, -0.15) is 0 Å². The summed E-state index contributed by atoms with van der Waals surface area (Å²) in [5.74, 6) is 0.860. The molecule has 19 heavy (non-hydrogen) atoms. The van der Waals surface area contributed by atoms with E-state index < -0.39 is 0 Å². The van der Waals surface area contributed by atoms with E-state index in [-0.39, 0.29) is 5.54 Å². The zero-order valence-corrected chi connectivity index (χ0v) is 13.9. The van der Waals surface area contributed by atoms with E-state index in [1.54, 1.807) is 0 Å². The number of hydrogen-bond acceptors (Lipinski definition) is 3. The summed E-state index contributed by atoms with van der Waals surface area (Å²) in [5, 5.41) is 0. The van der Waals surface area contributed by atoms with Crippen LogP contribution in [0.25, 0.3) is 0 Å². The standard InChI is InChI=1S/C12H20N2O.2C2H6/c1-12(2,14(3)4)9-15-11-7-5-10(13)6-8-11;2*1-2/h5-8H,9,13H2,1-4H3;2*1-2H3. The third-order valence-corrected chi connectivity index (χ3v) is 2.68. The van der Waals surface area contributed by atoms with Gasteiger partial charge in [0.05, 0.1) is 0 Å². The average molecular weight is 268 g/mol. The summed E-state index contributed by atoms with van der Waals surface area (Å²) in [4.78, 5) is 2.14. The molecule has 3 nitrogen and oxygen atoms in total. The SMILES string of the molecule is CC.CC.CN(C)C(C)(C)COc1ccc(N)cc1. The normalized spacial score (nSPS) is 9.95. The Labute approximate surface area is 119 Å². The van der Waals surface area contributed by atoms with Crippen LogP contribution in [0.4, 0.5) is 5.69 Å². The fraction of sp³-hybridized carbons (Fsp3) is 0.625. The minimum absolute atomic E-state index is 0.0292. The van der Waals surface area contributed by atoms with E-state index in [1.165, 1.54) is 0 Å². The first-order valence-electron chi connectivity index (χ1n) is 7.07. The van der Waals surface area contributed by atoms with Crippen LogP contribution < -0.4 is 10.5 Å². The molecule has 0 saturated heterocycles. The molecule has 2 N–H and O–H groups in total. The first-order chi connectivity index (χ1) is 8.92. The van der Waals surface area contributed by atoms with Gasteiger partial charge in [0.2, 0.25) is 0 Å². The highest BCUT2D eigenvalue weighted by Crippen LogP contribution is 2.16. The van der Waals surface area contributed by atoms with Crippen molar-refractivity contribution in [3.05, 3.63) is 24.3 Å². The van der Waals surface area contributed by atoms with Gasteiger partial charge in [-0.05, 0) is 52.2 Å². The van der Waals surface area contributed by atoms with Crippen LogP contribution >= 0.6 is 0 Å². The quantitative estimate of drug-likeness (QED) is 0.838. The molecular formula is C16H32N2O. The maximum Gasteiger partial charge on any atom is 0.119 e. The Kier molecular flexibility index (Phi) is 11.3. The van der Waals surface area contributed by atoms with Gasteiger partial charge in [-0.1, -0.05) is 27.7 Å². The lowest BCUT2D eigenvalue weighted by molar-refractivity contribution is 0.114. The molecule has 0 saturated carbocycles. The van der Waals surface area contributed by atoms with Gasteiger partial charge in [0.25, 0.3) is 0 Å². The van der Waals surface area contributed by atoms with Gasteiger partial charge < -0.3 is 15.4 Å². The third-order valence-electron chi connectivity index (χ3n) is 2.68. The van der Waals surface area contributed by atoms with Gasteiger partial charge in [-0.15, -0.1) is 0 Å². The van der Waals surface area contributed by atoms with Crippen LogP contribution in [0.3, 0.4) is 0 Å². The highest BCUT2D eigenvalue weighted by Gasteiger charge is 2.21. The summed E-state index contributed by atoms with van der Waals surface area (Å²) in [6.07, 6.45) is 0. The molecule has 112 valence electrons. The van der Waals surface area contributed by atoms with E-state index in [1.807, 2.05) is 66.1 Å². The lowest BCUT2D eigenvalue weighted by atomic mass is 10.1. The molecule has 1 aromatic rings. The topological polar surface area (TPSA) is 38.5 Å². The van der Waals surface area contributed by atoms with Crippen LogP contribution in [0, 0.1) is 0 Å². The molecule has 0 aliphatic carbocycles. The van der Waals surface area contributed by atoms with E-state index in [0.717, 1.165) is 11.4 Å². The van der Waals surface area contributed by atoms with Crippen LogP contribution in [0.15, 0.2) is 24.3 Å². The van der Waals surface area contributed by atoms with Crippen molar-refractivity contribution in [2.45, 2.75) is 47.1 Å². The lowest BCUT2D eigenvalue weighted by Crippen LogP contribution is -2.43. The van der Waals surface area contributed by atoms with Gasteiger partial charge in [0.1, 0.15) is 12.4 Å². The van der Waals surface area contributed by atoms with Crippen LogP contribution in [-0.2, 0) is 0 Å². The highest BCUT2D eigenvalue weighted by atomic mass is 16.5. The molecule has 0 bridgehead atoms. The second-order valence-corrected chi connectivity index (χ2v) is 4.56. The first-order valence-corrected chi connectivity index (χ1v) is 7.07. The molecule has 0 aromatic heterocycles. The molecule has 0 heterocycles. The Morgan fingerprint density at radius 3 is 1.79 bits per heavy atom. The molecule has 0 atom stereocenters. The molecular weight excluding hydrogens is 236 g/mol. The molecule has 1 aromatic carbocycles. The summed E-state index contributed by atoms with van der Waals surface area (Å²) in [6, 6.07) is 7.47. The molecule has 0 radical (unpaired) electrons. The highest BCUT2D eigenvalue weighted by molar-refractivity contribution is 5.41. The van der Waals surface area contributed by atoms with Crippen LogP contribution in [0.2, 0.25) is 0 Å². The number of rotatable bonds is 4.